The van der Waals surface area contributed by atoms with Crippen molar-refractivity contribution in [3.63, 3.8) is 0 Å². The highest BCUT2D eigenvalue weighted by Crippen LogP contribution is 2.36. The molecule has 0 spiro atoms. The van der Waals surface area contributed by atoms with Gasteiger partial charge in [0, 0.05) is 19.3 Å². The molecular weight excluding hydrogens is 208 g/mol. The zero-order valence-corrected chi connectivity index (χ0v) is 10.5. The number of hydrogen-bond acceptors (Lipinski definition) is 2. The lowest BCUT2D eigenvalue weighted by molar-refractivity contribution is 0.273. The van der Waals surface area contributed by atoms with E-state index >= 15 is 0 Å². The molecule has 0 N–H and O–H groups in total. The average Bonchev–Trinajstić information content (AvgIpc) is 2.41. The van der Waals surface area contributed by atoms with E-state index in [1.165, 1.54) is 24.9 Å². The summed E-state index contributed by atoms with van der Waals surface area (Å²) in [5, 5.41) is 9.46. The molecular formula is C15H20N2. The second-order valence-electron chi connectivity index (χ2n) is 5.14. The van der Waals surface area contributed by atoms with Crippen LogP contribution in [-0.2, 0) is 0 Å². The summed E-state index contributed by atoms with van der Waals surface area (Å²) < 4.78 is 0. The van der Waals surface area contributed by atoms with E-state index in [1.54, 1.807) is 0 Å². The quantitative estimate of drug-likeness (QED) is 0.790. The topological polar surface area (TPSA) is 27.0 Å². The SMILES string of the molecule is CN(CC1(C#N)CCCCC1)c1ccccc1. The van der Waals surface area contributed by atoms with Crippen molar-refractivity contribution in [2.75, 3.05) is 18.5 Å². The number of anilines is 1. The van der Waals surface area contributed by atoms with Gasteiger partial charge in [-0.2, -0.15) is 5.26 Å². The Kier molecular flexibility index (Phi) is 3.68. The Labute approximate surface area is 104 Å². The van der Waals surface area contributed by atoms with Crippen LogP contribution in [0.25, 0.3) is 0 Å². The van der Waals surface area contributed by atoms with Crippen molar-refractivity contribution in [2.45, 2.75) is 32.1 Å². The highest BCUT2D eigenvalue weighted by molar-refractivity contribution is 5.45. The highest BCUT2D eigenvalue weighted by atomic mass is 15.1. The zero-order valence-electron chi connectivity index (χ0n) is 10.5. The lowest BCUT2D eigenvalue weighted by Gasteiger charge is -2.35. The van der Waals surface area contributed by atoms with Crippen molar-refractivity contribution < 1.29 is 0 Å². The molecule has 1 aromatic rings. The first kappa shape index (κ1) is 12.0. The van der Waals surface area contributed by atoms with Gasteiger partial charge in [0.2, 0.25) is 0 Å². The summed E-state index contributed by atoms with van der Waals surface area (Å²) in [7, 11) is 2.09. The van der Waals surface area contributed by atoms with E-state index in [0.29, 0.717) is 0 Å². The van der Waals surface area contributed by atoms with Gasteiger partial charge in [0.1, 0.15) is 0 Å². The third-order valence-corrected chi connectivity index (χ3v) is 3.78. The molecule has 0 heterocycles. The summed E-state index contributed by atoms with van der Waals surface area (Å²) in [5.41, 5.74) is 1.08. The fourth-order valence-electron chi connectivity index (χ4n) is 2.76. The molecule has 2 heteroatoms. The molecule has 1 aromatic carbocycles. The van der Waals surface area contributed by atoms with Crippen LogP contribution in [0.1, 0.15) is 32.1 Å². The van der Waals surface area contributed by atoms with Crippen molar-refractivity contribution in [1.82, 2.24) is 0 Å². The molecule has 0 aliphatic heterocycles. The summed E-state index contributed by atoms with van der Waals surface area (Å²) in [6.45, 7) is 0.855. The van der Waals surface area contributed by atoms with Crippen LogP contribution < -0.4 is 4.90 Å². The van der Waals surface area contributed by atoms with Crippen LogP contribution in [0.3, 0.4) is 0 Å². The fraction of sp³-hybridized carbons (Fsp3) is 0.533. The summed E-state index contributed by atoms with van der Waals surface area (Å²) in [4.78, 5) is 2.22. The molecule has 0 amide bonds. The van der Waals surface area contributed by atoms with Gasteiger partial charge < -0.3 is 4.90 Å². The predicted octanol–water partition coefficient (Wildman–Crippen LogP) is 3.60. The first-order valence-electron chi connectivity index (χ1n) is 6.43. The van der Waals surface area contributed by atoms with E-state index in [0.717, 1.165) is 19.4 Å². The highest BCUT2D eigenvalue weighted by Gasteiger charge is 2.33. The largest absolute Gasteiger partial charge is 0.373 e. The standard InChI is InChI=1S/C15H20N2/c1-17(14-8-4-2-5-9-14)13-15(12-16)10-6-3-7-11-15/h2,4-5,8-9H,3,6-7,10-11,13H2,1H3. The molecule has 17 heavy (non-hydrogen) atoms. The van der Waals surface area contributed by atoms with Gasteiger partial charge in [-0.1, -0.05) is 37.5 Å². The third-order valence-electron chi connectivity index (χ3n) is 3.78. The lowest BCUT2D eigenvalue weighted by Crippen LogP contribution is -2.36. The molecule has 0 bridgehead atoms. The van der Waals surface area contributed by atoms with Gasteiger partial charge in [-0.3, -0.25) is 0 Å². The van der Waals surface area contributed by atoms with Crippen LogP contribution in [0.2, 0.25) is 0 Å². The maximum Gasteiger partial charge on any atom is 0.0748 e. The molecule has 2 rings (SSSR count). The zero-order chi connectivity index (χ0) is 12.1. The number of nitrogens with zero attached hydrogens (tertiary/aromatic N) is 2. The Hall–Kier alpha value is -1.49. The molecule has 1 aliphatic carbocycles. The van der Waals surface area contributed by atoms with Gasteiger partial charge in [-0.15, -0.1) is 0 Å². The van der Waals surface area contributed by atoms with Crippen molar-refractivity contribution >= 4 is 5.69 Å². The first-order chi connectivity index (χ1) is 8.26. The smallest absolute Gasteiger partial charge is 0.0748 e. The Morgan fingerprint density at radius 3 is 2.41 bits per heavy atom. The van der Waals surface area contributed by atoms with Gasteiger partial charge in [-0.05, 0) is 25.0 Å². The minimum absolute atomic E-state index is 0.122. The normalized spacial score (nSPS) is 18.4. The van der Waals surface area contributed by atoms with E-state index in [-0.39, 0.29) is 5.41 Å². The van der Waals surface area contributed by atoms with E-state index in [1.807, 2.05) is 18.2 Å². The minimum Gasteiger partial charge on any atom is -0.373 e. The summed E-state index contributed by atoms with van der Waals surface area (Å²) in [6.07, 6.45) is 5.81. The van der Waals surface area contributed by atoms with E-state index in [9.17, 15) is 5.26 Å². The molecule has 2 nitrogen and oxygen atoms in total. The fourth-order valence-corrected chi connectivity index (χ4v) is 2.76. The molecule has 0 aromatic heterocycles. The molecule has 1 saturated carbocycles. The number of rotatable bonds is 3. The van der Waals surface area contributed by atoms with E-state index in [4.69, 9.17) is 0 Å². The van der Waals surface area contributed by atoms with Gasteiger partial charge in [0.15, 0.2) is 0 Å². The monoisotopic (exact) mass is 228 g/mol. The molecule has 1 aliphatic rings. The number of nitriles is 1. The van der Waals surface area contributed by atoms with Crippen molar-refractivity contribution in [2.24, 2.45) is 5.41 Å². The van der Waals surface area contributed by atoms with E-state index in [2.05, 4.69) is 30.1 Å². The number of hydrogen-bond donors (Lipinski definition) is 0. The van der Waals surface area contributed by atoms with Crippen LogP contribution >= 0.6 is 0 Å². The minimum atomic E-state index is -0.122. The van der Waals surface area contributed by atoms with Crippen LogP contribution in [0.15, 0.2) is 30.3 Å². The summed E-state index contributed by atoms with van der Waals surface area (Å²) in [6, 6.07) is 12.9. The Bertz CT molecular complexity index is 385. The second kappa shape index (κ2) is 5.23. The Balaban J connectivity index is 2.07. The van der Waals surface area contributed by atoms with Crippen LogP contribution in [-0.4, -0.2) is 13.6 Å². The van der Waals surface area contributed by atoms with Gasteiger partial charge >= 0.3 is 0 Å². The lowest BCUT2D eigenvalue weighted by atomic mass is 9.75. The van der Waals surface area contributed by atoms with Crippen molar-refractivity contribution in [3.05, 3.63) is 30.3 Å². The first-order valence-corrected chi connectivity index (χ1v) is 6.43. The Morgan fingerprint density at radius 2 is 1.82 bits per heavy atom. The van der Waals surface area contributed by atoms with Gasteiger partial charge in [-0.25, -0.2) is 0 Å². The van der Waals surface area contributed by atoms with Crippen LogP contribution in [0, 0.1) is 16.7 Å². The van der Waals surface area contributed by atoms with Crippen LogP contribution in [0.5, 0.6) is 0 Å². The van der Waals surface area contributed by atoms with E-state index < -0.39 is 0 Å². The maximum atomic E-state index is 9.46. The number of para-hydroxylation sites is 1. The Morgan fingerprint density at radius 1 is 1.18 bits per heavy atom. The van der Waals surface area contributed by atoms with Crippen LogP contribution in [0.4, 0.5) is 5.69 Å². The number of benzene rings is 1. The molecule has 0 radical (unpaired) electrons. The molecule has 0 atom stereocenters. The summed E-state index contributed by atoms with van der Waals surface area (Å²) in [5.74, 6) is 0. The average molecular weight is 228 g/mol. The second-order valence-corrected chi connectivity index (χ2v) is 5.14. The molecule has 1 fully saturated rings. The van der Waals surface area contributed by atoms with Gasteiger partial charge in [0.25, 0.3) is 0 Å². The molecule has 0 unspecified atom stereocenters. The predicted molar refractivity (Wildman–Crippen MR) is 70.8 cm³/mol. The van der Waals surface area contributed by atoms with Crippen molar-refractivity contribution in [1.29, 1.82) is 5.26 Å². The third kappa shape index (κ3) is 2.79. The molecule has 0 saturated heterocycles. The maximum absolute atomic E-state index is 9.46. The van der Waals surface area contributed by atoms with Crippen molar-refractivity contribution in [3.8, 4) is 6.07 Å². The summed E-state index contributed by atoms with van der Waals surface area (Å²) >= 11 is 0. The van der Waals surface area contributed by atoms with Gasteiger partial charge in [0.05, 0.1) is 11.5 Å². The molecule has 90 valence electrons.